The molecule has 0 saturated carbocycles. The lowest BCUT2D eigenvalue weighted by Crippen LogP contribution is -2.40. The van der Waals surface area contributed by atoms with Crippen molar-refractivity contribution in [3.63, 3.8) is 0 Å². The van der Waals surface area contributed by atoms with Crippen LogP contribution in [-0.2, 0) is 16.4 Å². The van der Waals surface area contributed by atoms with Gasteiger partial charge < -0.3 is 9.64 Å². The summed E-state index contributed by atoms with van der Waals surface area (Å²) < 4.78 is 29.6. The maximum atomic E-state index is 13.2. The molecule has 0 aliphatic carbocycles. The highest BCUT2D eigenvalue weighted by Gasteiger charge is 2.35. The van der Waals surface area contributed by atoms with E-state index in [1.807, 2.05) is 43.3 Å². The van der Waals surface area contributed by atoms with Crippen molar-refractivity contribution in [1.29, 1.82) is 0 Å². The molecule has 0 bridgehead atoms. The molecule has 2 aromatic carbocycles. The zero-order valence-electron chi connectivity index (χ0n) is 15.5. The normalized spacial score (nSPS) is 18.2. The molecule has 144 valence electrons. The second-order valence-corrected chi connectivity index (χ2v) is 9.08. The molecule has 1 aliphatic heterocycles. The predicted molar refractivity (Wildman–Crippen MR) is 106 cm³/mol. The molecule has 0 radical (unpaired) electrons. The first-order chi connectivity index (χ1) is 13.0. The van der Waals surface area contributed by atoms with Crippen molar-refractivity contribution in [2.75, 3.05) is 18.1 Å². The lowest BCUT2D eigenvalue weighted by Gasteiger charge is -2.28. The molecule has 0 N–H and O–H groups in total. The number of sulfone groups is 1. The van der Waals surface area contributed by atoms with E-state index in [0.717, 1.165) is 12.0 Å². The van der Waals surface area contributed by atoms with Gasteiger partial charge in [0.15, 0.2) is 9.84 Å². The van der Waals surface area contributed by atoms with Crippen LogP contribution in [0.2, 0.25) is 0 Å². The van der Waals surface area contributed by atoms with Crippen LogP contribution < -0.4 is 4.74 Å². The minimum Gasteiger partial charge on any atom is -0.494 e. The van der Waals surface area contributed by atoms with E-state index in [1.54, 1.807) is 23.1 Å². The molecule has 1 aliphatic rings. The monoisotopic (exact) mass is 387 g/mol. The van der Waals surface area contributed by atoms with Crippen molar-refractivity contribution in [1.82, 2.24) is 4.90 Å². The third-order valence-corrected chi connectivity index (χ3v) is 6.41. The molecule has 2 aromatic rings. The van der Waals surface area contributed by atoms with Crippen LogP contribution >= 0.6 is 0 Å². The molecular formula is C21H25NO4S. The van der Waals surface area contributed by atoms with Gasteiger partial charge in [-0.25, -0.2) is 8.42 Å². The van der Waals surface area contributed by atoms with E-state index in [9.17, 15) is 13.2 Å². The molecule has 3 rings (SSSR count). The lowest BCUT2D eigenvalue weighted by atomic mass is 10.1. The van der Waals surface area contributed by atoms with Gasteiger partial charge in [-0.2, -0.15) is 0 Å². The van der Waals surface area contributed by atoms with Gasteiger partial charge in [-0.3, -0.25) is 4.79 Å². The summed E-state index contributed by atoms with van der Waals surface area (Å²) in [6, 6.07) is 16.5. The zero-order valence-corrected chi connectivity index (χ0v) is 16.3. The number of carbonyl (C=O) groups is 1. The van der Waals surface area contributed by atoms with Crippen LogP contribution in [0.4, 0.5) is 0 Å². The average Bonchev–Trinajstić information content (AvgIpc) is 3.04. The van der Waals surface area contributed by atoms with Crippen LogP contribution in [0.15, 0.2) is 54.6 Å². The van der Waals surface area contributed by atoms with E-state index in [4.69, 9.17) is 4.74 Å². The van der Waals surface area contributed by atoms with E-state index in [2.05, 4.69) is 0 Å². The SMILES string of the molecule is CCCOc1cccc(C(=O)N(Cc2ccccc2)[C@H]2CCS(=O)(=O)C2)c1. The van der Waals surface area contributed by atoms with Crippen LogP contribution in [0.5, 0.6) is 5.75 Å². The Balaban J connectivity index is 1.86. The van der Waals surface area contributed by atoms with Gasteiger partial charge >= 0.3 is 0 Å². The fourth-order valence-electron chi connectivity index (χ4n) is 3.27. The molecule has 1 fully saturated rings. The molecule has 1 heterocycles. The number of ether oxygens (including phenoxy) is 1. The van der Waals surface area contributed by atoms with Crippen LogP contribution in [-0.4, -0.2) is 43.4 Å². The first-order valence-corrected chi connectivity index (χ1v) is 11.1. The summed E-state index contributed by atoms with van der Waals surface area (Å²) in [4.78, 5) is 14.9. The first kappa shape index (κ1) is 19.4. The van der Waals surface area contributed by atoms with Crippen molar-refractivity contribution in [2.24, 2.45) is 0 Å². The number of carbonyl (C=O) groups excluding carboxylic acids is 1. The van der Waals surface area contributed by atoms with Crippen molar-refractivity contribution < 1.29 is 17.9 Å². The second kappa shape index (κ2) is 8.57. The van der Waals surface area contributed by atoms with Crippen LogP contribution in [0.1, 0.15) is 35.7 Å². The standard InChI is InChI=1S/C21H25NO4S/c1-2-12-26-20-10-6-9-18(14-20)21(23)22(15-17-7-4-3-5-8-17)19-11-13-27(24,25)16-19/h3-10,14,19H,2,11-13,15-16H2,1H3/t19-/m0/s1. The molecule has 0 spiro atoms. The maximum Gasteiger partial charge on any atom is 0.254 e. The molecule has 27 heavy (non-hydrogen) atoms. The second-order valence-electron chi connectivity index (χ2n) is 6.85. The Hall–Kier alpha value is -2.34. The predicted octanol–water partition coefficient (Wildman–Crippen LogP) is 3.30. The van der Waals surface area contributed by atoms with Crippen molar-refractivity contribution in [3.05, 3.63) is 65.7 Å². The van der Waals surface area contributed by atoms with Gasteiger partial charge in [0.05, 0.1) is 18.1 Å². The summed E-state index contributed by atoms with van der Waals surface area (Å²) >= 11 is 0. The topological polar surface area (TPSA) is 63.7 Å². The third kappa shape index (κ3) is 5.10. The van der Waals surface area contributed by atoms with E-state index < -0.39 is 9.84 Å². The highest BCUT2D eigenvalue weighted by molar-refractivity contribution is 7.91. The smallest absolute Gasteiger partial charge is 0.254 e. The summed E-state index contributed by atoms with van der Waals surface area (Å²) in [7, 11) is -3.09. The van der Waals surface area contributed by atoms with Gasteiger partial charge in [0.2, 0.25) is 0 Å². The number of amides is 1. The molecule has 5 nitrogen and oxygen atoms in total. The molecule has 6 heteroatoms. The Labute approximate surface area is 160 Å². The number of nitrogens with zero attached hydrogens (tertiary/aromatic N) is 1. The van der Waals surface area contributed by atoms with E-state index >= 15 is 0 Å². The summed E-state index contributed by atoms with van der Waals surface area (Å²) in [6.07, 6.45) is 1.37. The van der Waals surface area contributed by atoms with Gasteiger partial charge in [0, 0.05) is 18.2 Å². The first-order valence-electron chi connectivity index (χ1n) is 9.26. The fourth-order valence-corrected chi connectivity index (χ4v) is 5.00. The molecule has 0 aromatic heterocycles. The highest BCUT2D eigenvalue weighted by atomic mass is 32.2. The van der Waals surface area contributed by atoms with E-state index in [-0.39, 0.29) is 23.5 Å². The van der Waals surface area contributed by atoms with Crippen LogP contribution in [0.3, 0.4) is 0 Å². The number of rotatable bonds is 7. The fraction of sp³-hybridized carbons (Fsp3) is 0.381. The summed E-state index contributed by atoms with van der Waals surface area (Å²) in [5.74, 6) is 0.650. The van der Waals surface area contributed by atoms with E-state index in [0.29, 0.717) is 30.9 Å². The largest absolute Gasteiger partial charge is 0.494 e. The van der Waals surface area contributed by atoms with Crippen LogP contribution in [0, 0.1) is 0 Å². The molecule has 0 unspecified atom stereocenters. The highest BCUT2D eigenvalue weighted by Crippen LogP contribution is 2.24. The molecule has 1 saturated heterocycles. The number of benzene rings is 2. The Kier molecular flexibility index (Phi) is 6.16. The van der Waals surface area contributed by atoms with Gasteiger partial charge in [-0.15, -0.1) is 0 Å². The van der Waals surface area contributed by atoms with Crippen molar-refractivity contribution in [3.8, 4) is 5.75 Å². The minimum absolute atomic E-state index is 0.0254. The van der Waals surface area contributed by atoms with Crippen molar-refractivity contribution in [2.45, 2.75) is 32.4 Å². The summed E-state index contributed by atoms with van der Waals surface area (Å²) in [5.41, 5.74) is 1.50. The Morgan fingerprint density at radius 3 is 2.59 bits per heavy atom. The summed E-state index contributed by atoms with van der Waals surface area (Å²) in [6.45, 7) is 3.00. The minimum atomic E-state index is -3.09. The average molecular weight is 388 g/mol. The number of hydrogen-bond acceptors (Lipinski definition) is 4. The third-order valence-electron chi connectivity index (χ3n) is 4.66. The van der Waals surface area contributed by atoms with Gasteiger partial charge in [0.1, 0.15) is 5.75 Å². The molecular weight excluding hydrogens is 362 g/mol. The van der Waals surface area contributed by atoms with Crippen molar-refractivity contribution >= 4 is 15.7 Å². The van der Waals surface area contributed by atoms with Gasteiger partial charge in [-0.1, -0.05) is 43.3 Å². The Morgan fingerprint density at radius 1 is 1.15 bits per heavy atom. The summed E-state index contributed by atoms with van der Waals surface area (Å²) in [5, 5.41) is 0. The molecule has 1 amide bonds. The quantitative estimate of drug-likeness (QED) is 0.731. The Morgan fingerprint density at radius 2 is 1.93 bits per heavy atom. The number of hydrogen-bond donors (Lipinski definition) is 0. The zero-order chi connectivity index (χ0) is 19.3. The van der Waals surface area contributed by atoms with Gasteiger partial charge in [-0.05, 0) is 36.6 Å². The van der Waals surface area contributed by atoms with Crippen LogP contribution in [0.25, 0.3) is 0 Å². The van der Waals surface area contributed by atoms with Gasteiger partial charge in [0.25, 0.3) is 5.91 Å². The molecule has 1 atom stereocenters. The maximum absolute atomic E-state index is 13.2. The Bertz CT molecular complexity index is 880. The van der Waals surface area contributed by atoms with E-state index in [1.165, 1.54) is 0 Å². The lowest BCUT2D eigenvalue weighted by molar-refractivity contribution is 0.0680.